The lowest BCUT2D eigenvalue weighted by Crippen LogP contribution is -2.54. The Hall–Kier alpha value is -2.05. The van der Waals surface area contributed by atoms with Gasteiger partial charge in [0.2, 0.25) is 0 Å². The zero-order valence-corrected chi connectivity index (χ0v) is 10.9. The van der Waals surface area contributed by atoms with Crippen molar-refractivity contribution < 1.29 is 14.7 Å². The molecule has 2 N–H and O–H groups in total. The van der Waals surface area contributed by atoms with Crippen LogP contribution in [0, 0.1) is 5.92 Å². The van der Waals surface area contributed by atoms with Crippen LogP contribution in [0.25, 0.3) is 0 Å². The van der Waals surface area contributed by atoms with E-state index in [0.717, 1.165) is 12.0 Å². The molecule has 1 aromatic rings. The van der Waals surface area contributed by atoms with Crippen molar-refractivity contribution in [3.05, 3.63) is 18.0 Å². The molecule has 1 aromatic heterocycles. The first-order valence-corrected chi connectivity index (χ1v) is 6.26. The molecule has 0 aromatic carbocycles. The lowest BCUT2D eigenvalue weighted by molar-refractivity contribution is -0.139. The molecule has 0 spiro atoms. The SMILES string of the molecule is Cn1cc(CCNC(=O)N2CC(CC(=O)O)C2)cn1. The topological polar surface area (TPSA) is 87.5 Å². The van der Waals surface area contributed by atoms with Crippen molar-refractivity contribution in [1.29, 1.82) is 0 Å². The highest BCUT2D eigenvalue weighted by Crippen LogP contribution is 2.18. The van der Waals surface area contributed by atoms with Crippen LogP contribution in [0.2, 0.25) is 0 Å². The Kier molecular flexibility index (Phi) is 4.03. The Bertz CT molecular complexity index is 465. The van der Waals surface area contributed by atoms with Crippen molar-refractivity contribution in [1.82, 2.24) is 20.0 Å². The summed E-state index contributed by atoms with van der Waals surface area (Å²) in [4.78, 5) is 23.8. The molecule has 19 heavy (non-hydrogen) atoms. The van der Waals surface area contributed by atoms with Crippen LogP contribution in [-0.4, -0.2) is 51.4 Å². The van der Waals surface area contributed by atoms with Gasteiger partial charge < -0.3 is 15.3 Å². The van der Waals surface area contributed by atoms with Gasteiger partial charge in [-0.3, -0.25) is 9.48 Å². The van der Waals surface area contributed by atoms with Gasteiger partial charge in [-0.05, 0) is 12.0 Å². The summed E-state index contributed by atoms with van der Waals surface area (Å²) in [6.07, 6.45) is 4.57. The fourth-order valence-electron chi connectivity index (χ4n) is 2.14. The first-order chi connectivity index (χ1) is 9.04. The quantitative estimate of drug-likeness (QED) is 0.790. The zero-order valence-electron chi connectivity index (χ0n) is 10.9. The van der Waals surface area contributed by atoms with E-state index in [2.05, 4.69) is 10.4 Å². The predicted molar refractivity (Wildman–Crippen MR) is 67.6 cm³/mol. The van der Waals surface area contributed by atoms with Gasteiger partial charge >= 0.3 is 12.0 Å². The summed E-state index contributed by atoms with van der Waals surface area (Å²) in [6, 6.07) is -0.120. The van der Waals surface area contributed by atoms with Gasteiger partial charge in [-0.1, -0.05) is 0 Å². The first-order valence-electron chi connectivity index (χ1n) is 6.26. The van der Waals surface area contributed by atoms with Gasteiger partial charge in [0, 0.05) is 38.8 Å². The normalized spacial score (nSPS) is 15.1. The number of aryl methyl sites for hydroxylation is 1. The monoisotopic (exact) mass is 266 g/mol. The largest absolute Gasteiger partial charge is 0.481 e. The zero-order chi connectivity index (χ0) is 13.8. The average Bonchev–Trinajstić information content (AvgIpc) is 2.68. The van der Waals surface area contributed by atoms with E-state index in [9.17, 15) is 9.59 Å². The maximum Gasteiger partial charge on any atom is 0.317 e. The van der Waals surface area contributed by atoms with Crippen LogP contribution in [0.5, 0.6) is 0 Å². The van der Waals surface area contributed by atoms with Gasteiger partial charge in [0.25, 0.3) is 0 Å². The number of urea groups is 1. The molecule has 2 rings (SSSR count). The van der Waals surface area contributed by atoms with Crippen LogP contribution >= 0.6 is 0 Å². The van der Waals surface area contributed by atoms with Crippen molar-refractivity contribution >= 4 is 12.0 Å². The molecule has 0 unspecified atom stereocenters. The van der Waals surface area contributed by atoms with E-state index in [1.165, 1.54) is 0 Å². The average molecular weight is 266 g/mol. The van der Waals surface area contributed by atoms with Crippen LogP contribution in [-0.2, 0) is 18.3 Å². The molecule has 0 aliphatic carbocycles. The Balaban J connectivity index is 1.62. The van der Waals surface area contributed by atoms with E-state index in [0.29, 0.717) is 19.6 Å². The highest BCUT2D eigenvalue weighted by atomic mass is 16.4. The molecule has 104 valence electrons. The Labute approximate surface area is 111 Å². The van der Waals surface area contributed by atoms with Gasteiger partial charge in [0.1, 0.15) is 0 Å². The summed E-state index contributed by atoms with van der Waals surface area (Å²) in [7, 11) is 1.85. The van der Waals surface area contributed by atoms with Crippen molar-refractivity contribution in [2.45, 2.75) is 12.8 Å². The summed E-state index contributed by atoms with van der Waals surface area (Å²) >= 11 is 0. The molecule has 2 heterocycles. The maximum atomic E-state index is 11.7. The molecule has 7 nitrogen and oxygen atoms in total. The first kappa shape index (κ1) is 13.4. The smallest absolute Gasteiger partial charge is 0.317 e. The number of carbonyl (C=O) groups excluding carboxylic acids is 1. The highest BCUT2D eigenvalue weighted by Gasteiger charge is 2.31. The Morgan fingerprint density at radius 2 is 2.26 bits per heavy atom. The fraction of sp³-hybridized carbons (Fsp3) is 0.583. The number of aromatic nitrogens is 2. The number of carboxylic acid groups (broad SMARTS) is 1. The van der Waals surface area contributed by atoms with Crippen molar-refractivity contribution in [3.63, 3.8) is 0 Å². The minimum Gasteiger partial charge on any atom is -0.481 e. The number of likely N-dealkylation sites (tertiary alicyclic amines) is 1. The second kappa shape index (κ2) is 5.73. The number of rotatable bonds is 5. The second-order valence-electron chi connectivity index (χ2n) is 4.87. The number of carbonyl (C=O) groups is 2. The summed E-state index contributed by atoms with van der Waals surface area (Å²) in [5, 5.41) is 15.5. The van der Waals surface area contributed by atoms with E-state index < -0.39 is 5.97 Å². The van der Waals surface area contributed by atoms with Crippen LogP contribution in [0.4, 0.5) is 4.79 Å². The summed E-state index contributed by atoms with van der Waals surface area (Å²) in [5.41, 5.74) is 1.08. The number of amides is 2. The number of carboxylic acids is 1. The number of aliphatic carboxylic acids is 1. The molecule has 0 saturated carbocycles. The van der Waals surface area contributed by atoms with Gasteiger partial charge in [0.15, 0.2) is 0 Å². The number of nitrogens with zero attached hydrogens (tertiary/aromatic N) is 3. The van der Waals surface area contributed by atoms with Gasteiger partial charge in [-0.2, -0.15) is 5.10 Å². The van der Waals surface area contributed by atoms with Crippen LogP contribution in [0.1, 0.15) is 12.0 Å². The van der Waals surface area contributed by atoms with Crippen molar-refractivity contribution in [2.75, 3.05) is 19.6 Å². The third kappa shape index (κ3) is 3.70. The van der Waals surface area contributed by atoms with Gasteiger partial charge in [-0.25, -0.2) is 4.79 Å². The molecular formula is C12H18N4O3. The predicted octanol–water partition coefficient (Wildman–Crippen LogP) is 0.0787. The highest BCUT2D eigenvalue weighted by molar-refractivity contribution is 5.75. The molecule has 2 amide bonds. The van der Waals surface area contributed by atoms with Crippen molar-refractivity contribution in [2.24, 2.45) is 13.0 Å². The standard InChI is InChI=1S/C12H18N4O3/c1-15-6-9(5-14-15)2-3-13-12(19)16-7-10(8-16)4-11(17)18/h5-6,10H,2-4,7-8H2,1H3,(H,13,19)(H,17,18). The van der Waals surface area contributed by atoms with Gasteiger partial charge in [-0.15, -0.1) is 0 Å². The van der Waals surface area contributed by atoms with Gasteiger partial charge in [0.05, 0.1) is 12.6 Å². The number of hydrogen-bond acceptors (Lipinski definition) is 3. The molecule has 0 bridgehead atoms. The molecule has 1 aliphatic rings. The Morgan fingerprint density at radius 1 is 1.53 bits per heavy atom. The molecule has 0 atom stereocenters. The van der Waals surface area contributed by atoms with E-state index in [1.807, 2.05) is 13.2 Å². The molecular weight excluding hydrogens is 248 g/mol. The third-order valence-corrected chi connectivity index (χ3v) is 3.16. The van der Waals surface area contributed by atoms with E-state index in [-0.39, 0.29) is 18.4 Å². The molecule has 1 aliphatic heterocycles. The van der Waals surface area contributed by atoms with Crippen LogP contribution < -0.4 is 5.32 Å². The van der Waals surface area contributed by atoms with E-state index in [4.69, 9.17) is 5.11 Å². The second-order valence-corrected chi connectivity index (χ2v) is 4.87. The summed E-state index contributed by atoms with van der Waals surface area (Å²) in [6.45, 7) is 1.63. The van der Waals surface area contributed by atoms with Crippen LogP contribution in [0.3, 0.4) is 0 Å². The minimum absolute atomic E-state index is 0.0987. The Morgan fingerprint density at radius 3 is 2.84 bits per heavy atom. The third-order valence-electron chi connectivity index (χ3n) is 3.16. The number of nitrogens with one attached hydrogen (secondary N) is 1. The fourth-order valence-corrected chi connectivity index (χ4v) is 2.14. The van der Waals surface area contributed by atoms with Crippen LogP contribution in [0.15, 0.2) is 12.4 Å². The van der Waals surface area contributed by atoms with E-state index >= 15 is 0 Å². The summed E-state index contributed by atoms with van der Waals surface area (Å²) in [5.74, 6) is -0.705. The summed E-state index contributed by atoms with van der Waals surface area (Å²) < 4.78 is 1.73. The molecule has 0 radical (unpaired) electrons. The molecule has 7 heteroatoms. The molecule has 1 fully saturated rings. The minimum atomic E-state index is -0.804. The lowest BCUT2D eigenvalue weighted by atomic mass is 9.97. The van der Waals surface area contributed by atoms with E-state index in [1.54, 1.807) is 15.8 Å². The maximum absolute atomic E-state index is 11.7. The van der Waals surface area contributed by atoms with Crippen molar-refractivity contribution in [3.8, 4) is 0 Å². The molecule has 1 saturated heterocycles. The number of hydrogen-bond donors (Lipinski definition) is 2. The lowest BCUT2D eigenvalue weighted by Gasteiger charge is -2.38.